The van der Waals surface area contributed by atoms with Crippen LogP contribution in [0.2, 0.25) is 0 Å². The summed E-state index contributed by atoms with van der Waals surface area (Å²) in [4.78, 5) is -0.520. The molecule has 4 rings (SSSR count). The van der Waals surface area contributed by atoms with Crippen molar-refractivity contribution < 1.29 is 18.1 Å². The Morgan fingerprint density at radius 1 is 0.743 bits per heavy atom. The molecule has 0 saturated heterocycles. The van der Waals surface area contributed by atoms with Gasteiger partial charge in [0.2, 0.25) is 0 Å². The van der Waals surface area contributed by atoms with Gasteiger partial charge in [-0.1, -0.05) is 36.4 Å². The number of aromatic hydroxyl groups is 1. The molecular formula is C25H23N5O4S. The maximum atomic E-state index is 12.2. The normalized spacial score (nSPS) is 12.2. The zero-order valence-electron chi connectivity index (χ0n) is 19.3. The number of nitrogen functional groups attached to an aromatic ring is 1. The van der Waals surface area contributed by atoms with Crippen LogP contribution in [0.1, 0.15) is 16.7 Å². The number of nitrogens with zero attached hydrogens (tertiary/aromatic N) is 4. The van der Waals surface area contributed by atoms with Gasteiger partial charge in [-0.3, -0.25) is 4.55 Å². The quantitative estimate of drug-likeness (QED) is 0.155. The number of benzene rings is 4. The summed E-state index contributed by atoms with van der Waals surface area (Å²) in [6.07, 6.45) is 0. The van der Waals surface area contributed by atoms with E-state index in [9.17, 15) is 18.1 Å². The molecule has 0 bridgehead atoms. The van der Waals surface area contributed by atoms with Crippen molar-refractivity contribution in [2.24, 2.45) is 20.5 Å². The van der Waals surface area contributed by atoms with E-state index in [1.807, 2.05) is 44.2 Å². The molecule has 0 aromatic heterocycles. The number of aryl methyl sites for hydroxylation is 3. The van der Waals surface area contributed by atoms with Gasteiger partial charge in [0.15, 0.2) is 5.75 Å². The molecule has 0 aliphatic carbocycles. The van der Waals surface area contributed by atoms with Gasteiger partial charge in [-0.2, -0.15) is 18.6 Å². The second kappa shape index (κ2) is 9.24. The van der Waals surface area contributed by atoms with E-state index in [0.29, 0.717) is 16.9 Å². The molecule has 4 aromatic carbocycles. The van der Waals surface area contributed by atoms with Gasteiger partial charge in [-0.25, -0.2) is 0 Å². The molecule has 4 aromatic rings. The van der Waals surface area contributed by atoms with E-state index >= 15 is 0 Å². The second-order valence-corrected chi connectivity index (χ2v) is 9.46. The molecule has 0 unspecified atom stereocenters. The monoisotopic (exact) mass is 489 g/mol. The first-order valence-electron chi connectivity index (χ1n) is 10.6. The van der Waals surface area contributed by atoms with Crippen molar-refractivity contribution in [2.45, 2.75) is 25.7 Å². The predicted octanol–water partition coefficient (Wildman–Crippen LogP) is 7.13. The minimum Gasteiger partial charge on any atom is -0.505 e. The Bertz CT molecular complexity index is 1630. The molecule has 0 radical (unpaired) electrons. The highest BCUT2D eigenvalue weighted by Gasteiger charge is 2.24. The van der Waals surface area contributed by atoms with Crippen LogP contribution in [0, 0.1) is 20.8 Å². The lowest BCUT2D eigenvalue weighted by atomic mass is 10.0. The van der Waals surface area contributed by atoms with Crippen LogP contribution in [-0.4, -0.2) is 18.1 Å². The van der Waals surface area contributed by atoms with Crippen LogP contribution in [0.3, 0.4) is 0 Å². The highest BCUT2D eigenvalue weighted by molar-refractivity contribution is 7.86. The molecule has 9 nitrogen and oxygen atoms in total. The molecule has 0 atom stereocenters. The van der Waals surface area contributed by atoms with Crippen molar-refractivity contribution in [2.75, 3.05) is 5.73 Å². The second-order valence-electron chi connectivity index (χ2n) is 8.07. The third-order valence-electron chi connectivity index (χ3n) is 5.56. The Labute approximate surface area is 202 Å². The van der Waals surface area contributed by atoms with Crippen LogP contribution in [0.15, 0.2) is 86.0 Å². The Morgan fingerprint density at radius 2 is 1.26 bits per heavy atom. The zero-order chi connectivity index (χ0) is 25.3. The number of azo groups is 2. The first-order chi connectivity index (χ1) is 16.6. The van der Waals surface area contributed by atoms with Crippen molar-refractivity contribution in [1.82, 2.24) is 0 Å². The number of rotatable bonds is 5. The number of phenols is 1. The van der Waals surface area contributed by atoms with E-state index in [1.54, 1.807) is 31.2 Å². The lowest BCUT2D eigenvalue weighted by molar-refractivity contribution is 0.480. The summed E-state index contributed by atoms with van der Waals surface area (Å²) >= 11 is 0. The molecule has 178 valence electrons. The standard InChI is InChI=1S/C25H23N5O4S/c1-14-8-4-6-10-18(14)27-29-23-16(3)12-17-13-20(35(32,33)34)24(22(26)21(17)25(23)31)30-28-19-11-7-5-9-15(19)2/h4-13,31H,26H2,1-3H3,(H,32,33,34). The maximum absolute atomic E-state index is 12.2. The van der Waals surface area contributed by atoms with Crippen molar-refractivity contribution in [3.63, 3.8) is 0 Å². The van der Waals surface area contributed by atoms with Crippen molar-refractivity contribution in [3.8, 4) is 5.75 Å². The Hall–Kier alpha value is -4.15. The summed E-state index contributed by atoms with van der Waals surface area (Å²) in [5, 5.41) is 28.1. The van der Waals surface area contributed by atoms with Gasteiger partial charge >= 0.3 is 0 Å². The Kier molecular flexibility index (Phi) is 6.33. The Morgan fingerprint density at radius 3 is 1.77 bits per heavy atom. The van der Waals surface area contributed by atoms with Crippen LogP contribution >= 0.6 is 0 Å². The molecule has 0 aliphatic rings. The molecule has 0 aliphatic heterocycles. The van der Waals surface area contributed by atoms with E-state index in [1.165, 1.54) is 6.07 Å². The summed E-state index contributed by atoms with van der Waals surface area (Å²) in [6.45, 7) is 5.41. The third-order valence-corrected chi connectivity index (χ3v) is 6.43. The molecular weight excluding hydrogens is 466 g/mol. The topological polar surface area (TPSA) is 150 Å². The van der Waals surface area contributed by atoms with Gasteiger partial charge < -0.3 is 10.8 Å². The van der Waals surface area contributed by atoms with Crippen molar-refractivity contribution in [1.29, 1.82) is 0 Å². The fourth-order valence-electron chi connectivity index (χ4n) is 3.66. The van der Waals surface area contributed by atoms with Gasteiger partial charge in [0.05, 0.1) is 22.4 Å². The summed E-state index contributed by atoms with van der Waals surface area (Å²) in [6, 6.07) is 17.3. The number of hydrogen-bond donors (Lipinski definition) is 3. The molecule has 0 fully saturated rings. The van der Waals surface area contributed by atoms with Crippen LogP contribution in [0.25, 0.3) is 10.8 Å². The summed E-state index contributed by atoms with van der Waals surface area (Å²) in [7, 11) is -4.71. The average Bonchev–Trinajstić information content (AvgIpc) is 2.79. The van der Waals surface area contributed by atoms with Crippen molar-refractivity contribution in [3.05, 3.63) is 77.4 Å². The van der Waals surface area contributed by atoms with Crippen molar-refractivity contribution >= 4 is 49.3 Å². The van der Waals surface area contributed by atoms with E-state index in [0.717, 1.165) is 11.1 Å². The first kappa shape index (κ1) is 24.0. The minimum absolute atomic E-state index is 0.125. The number of hydrogen-bond acceptors (Lipinski definition) is 8. The number of fused-ring (bicyclic) bond motifs is 1. The van der Waals surface area contributed by atoms with Gasteiger partial charge in [-0.15, -0.1) is 10.2 Å². The fraction of sp³-hybridized carbons (Fsp3) is 0.120. The summed E-state index contributed by atoms with van der Waals surface area (Å²) < 4.78 is 34.2. The molecule has 0 heterocycles. The fourth-order valence-corrected chi connectivity index (χ4v) is 4.33. The summed E-state index contributed by atoms with van der Waals surface area (Å²) in [5.74, 6) is -0.288. The lowest BCUT2D eigenvalue weighted by Crippen LogP contribution is -2.02. The number of nitrogens with two attached hydrogens (primary N) is 1. The van der Waals surface area contributed by atoms with Crippen LogP contribution < -0.4 is 5.73 Å². The van der Waals surface area contributed by atoms with E-state index in [2.05, 4.69) is 20.5 Å². The molecule has 0 amide bonds. The van der Waals surface area contributed by atoms with Crippen LogP contribution in [0.5, 0.6) is 5.75 Å². The van der Waals surface area contributed by atoms with Gasteiger partial charge in [0, 0.05) is 0 Å². The first-order valence-corrected chi connectivity index (χ1v) is 12.0. The SMILES string of the molecule is Cc1ccccc1N=Nc1c(S(=O)(=O)O)cc2cc(C)c(N=Nc3ccccc3C)c(O)c2c1N. The molecule has 10 heteroatoms. The average molecular weight is 490 g/mol. The molecule has 0 spiro atoms. The number of anilines is 1. The lowest BCUT2D eigenvalue weighted by Gasteiger charge is -2.13. The highest BCUT2D eigenvalue weighted by Crippen LogP contribution is 2.47. The molecule has 0 saturated carbocycles. The zero-order valence-corrected chi connectivity index (χ0v) is 20.1. The Balaban J connectivity index is 1.95. The third kappa shape index (κ3) is 4.75. The van der Waals surface area contributed by atoms with E-state index in [4.69, 9.17) is 5.73 Å². The van der Waals surface area contributed by atoms with Crippen LogP contribution in [0.4, 0.5) is 28.4 Å². The van der Waals surface area contributed by atoms with E-state index in [-0.39, 0.29) is 33.6 Å². The predicted molar refractivity (Wildman–Crippen MR) is 135 cm³/mol. The molecule has 4 N–H and O–H groups in total. The van der Waals surface area contributed by atoms with E-state index < -0.39 is 15.0 Å². The smallest absolute Gasteiger partial charge is 0.296 e. The van der Waals surface area contributed by atoms with Gasteiger partial charge in [0.25, 0.3) is 10.1 Å². The molecule has 35 heavy (non-hydrogen) atoms. The van der Waals surface area contributed by atoms with Gasteiger partial charge in [-0.05, 0) is 67.1 Å². The van der Waals surface area contributed by atoms with Gasteiger partial charge in [0.1, 0.15) is 16.3 Å². The largest absolute Gasteiger partial charge is 0.505 e. The highest BCUT2D eigenvalue weighted by atomic mass is 32.2. The van der Waals surface area contributed by atoms with Crippen LogP contribution in [-0.2, 0) is 10.1 Å². The maximum Gasteiger partial charge on any atom is 0.296 e. The number of phenolic OH excluding ortho intramolecular Hbond substituents is 1. The minimum atomic E-state index is -4.71. The summed E-state index contributed by atoms with van der Waals surface area (Å²) in [5.41, 5.74) is 9.40.